The van der Waals surface area contributed by atoms with Crippen molar-refractivity contribution in [1.82, 2.24) is 0 Å². The molecule has 0 saturated carbocycles. The highest BCUT2D eigenvalue weighted by Crippen LogP contribution is 2.25. The summed E-state index contributed by atoms with van der Waals surface area (Å²) in [6, 6.07) is 15.4. The maximum absolute atomic E-state index is 10.3. The van der Waals surface area contributed by atoms with Gasteiger partial charge in [0.05, 0.1) is 0 Å². The minimum Gasteiger partial charge on any atom is -0.384 e. The zero-order chi connectivity index (χ0) is 13.1. The average Bonchev–Trinajstić information content (AvgIpc) is 2.38. The van der Waals surface area contributed by atoms with Gasteiger partial charge in [-0.3, -0.25) is 0 Å². The van der Waals surface area contributed by atoms with E-state index in [9.17, 15) is 5.11 Å². The molecule has 0 amide bonds. The van der Waals surface area contributed by atoms with E-state index in [0.717, 1.165) is 11.1 Å². The Kier molecular flexibility index (Phi) is 4.05. The van der Waals surface area contributed by atoms with Crippen LogP contribution in [-0.4, -0.2) is 5.11 Å². The normalized spacial score (nSPS) is 12.7. The van der Waals surface area contributed by atoms with Crippen LogP contribution in [0.2, 0.25) is 5.02 Å². The monoisotopic (exact) mass is 260 g/mol. The van der Waals surface area contributed by atoms with Crippen LogP contribution in [0.1, 0.15) is 42.6 Å². The summed E-state index contributed by atoms with van der Waals surface area (Å²) in [5, 5.41) is 10.9. The summed E-state index contributed by atoms with van der Waals surface area (Å²) in [7, 11) is 0. The predicted molar refractivity (Wildman–Crippen MR) is 76.0 cm³/mol. The summed E-state index contributed by atoms with van der Waals surface area (Å²) in [5.41, 5.74) is 2.98. The van der Waals surface area contributed by atoms with E-state index in [1.165, 1.54) is 5.56 Å². The summed E-state index contributed by atoms with van der Waals surface area (Å²) in [5.74, 6) is 0.502. The van der Waals surface area contributed by atoms with E-state index in [0.29, 0.717) is 10.9 Å². The Bertz CT molecular complexity index is 517. The Morgan fingerprint density at radius 2 is 1.50 bits per heavy atom. The molecule has 94 valence electrons. The SMILES string of the molecule is CC(C)c1ccc([C@H](O)c2cccc(Cl)c2)cc1. The largest absolute Gasteiger partial charge is 0.384 e. The highest BCUT2D eigenvalue weighted by molar-refractivity contribution is 6.30. The van der Waals surface area contributed by atoms with Gasteiger partial charge in [-0.2, -0.15) is 0 Å². The van der Waals surface area contributed by atoms with Crippen LogP contribution in [0.3, 0.4) is 0 Å². The number of hydrogen-bond acceptors (Lipinski definition) is 1. The van der Waals surface area contributed by atoms with Crippen molar-refractivity contribution in [2.24, 2.45) is 0 Å². The Hall–Kier alpha value is -1.31. The summed E-state index contributed by atoms with van der Waals surface area (Å²) in [4.78, 5) is 0. The van der Waals surface area contributed by atoms with Gasteiger partial charge in [-0.25, -0.2) is 0 Å². The smallest absolute Gasteiger partial charge is 0.104 e. The highest BCUT2D eigenvalue weighted by atomic mass is 35.5. The second-order valence-electron chi connectivity index (χ2n) is 4.78. The van der Waals surface area contributed by atoms with Crippen molar-refractivity contribution in [1.29, 1.82) is 0 Å². The third-order valence-electron chi connectivity index (χ3n) is 3.08. The van der Waals surface area contributed by atoms with Crippen molar-refractivity contribution in [3.63, 3.8) is 0 Å². The van der Waals surface area contributed by atoms with Crippen LogP contribution in [0.15, 0.2) is 48.5 Å². The van der Waals surface area contributed by atoms with Gasteiger partial charge in [0.15, 0.2) is 0 Å². The lowest BCUT2D eigenvalue weighted by Gasteiger charge is -2.13. The van der Waals surface area contributed by atoms with Crippen LogP contribution in [0.5, 0.6) is 0 Å². The van der Waals surface area contributed by atoms with Gasteiger partial charge in [-0.15, -0.1) is 0 Å². The number of halogens is 1. The van der Waals surface area contributed by atoms with Gasteiger partial charge in [-0.1, -0.05) is 61.8 Å². The molecule has 18 heavy (non-hydrogen) atoms. The fourth-order valence-corrected chi connectivity index (χ4v) is 2.13. The van der Waals surface area contributed by atoms with Crippen LogP contribution in [0.4, 0.5) is 0 Å². The van der Waals surface area contributed by atoms with E-state index >= 15 is 0 Å². The fraction of sp³-hybridized carbons (Fsp3) is 0.250. The lowest BCUT2D eigenvalue weighted by atomic mass is 9.97. The third-order valence-corrected chi connectivity index (χ3v) is 3.32. The maximum Gasteiger partial charge on any atom is 0.104 e. The zero-order valence-corrected chi connectivity index (χ0v) is 11.4. The number of hydrogen-bond donors (Lipinski definition) is 1. The minimum absolute atomic E-state index is 0.502. The molecule has 0 unspecified atom stereocenters. The lowest BCUT2D eigenvalue weighted by molar-refractivity contribution is 0.220. The van der Waals surface area contributed by atoms with E-state index in [4.69, 9.17) is 11.6 Å². The summed E-state index contributed by atoms with van der Waals surface area (Å²) in [6.45, 7) is 4.31. The third kappa shape index (κ3) is 2.92. The zero-order valence-electron chi connectivity index (χ0n) is 10.6. The molecule has 0 aliphatic rings. The quantitative estimate of drug-likeness (QED) is 0.859. The second-order valence-corrected chi connectivity index (χ2v) is 5.22. The van der Waals surface area contributed by atoms with Crippen LogP contribution >= 0.6 is 11.6 Å². The van der Waals surface area contributed by atoms with Crippen molar-refractivity contribution in [2.75, 3.05) is 0 Å². The first-order valence-corrected chi connectivity index (χ1v) is 6.49. The molecule has 1 atom stereocenters. The molecular formula is C16H17ClO. The van der Waals surface area contributed by atoms with Gasteiger partial charge in [0, 0.05) is 5.02 Å². The van der Waals surface area contributed by atoms with E-state index in [1.807, 2.05) is 24.3 Å². The Labute approximate surface area is 113 Å². The van der Waals surface area contributed by atoms with E-state index < -0.39 is 6.10 Å². The Morgan fingerprint density at radius 1 is 0.889 bits per heavy atom. The van der Waals surface area contributed by atoms with Crippen LogP contribution in [0.25, 0.3) is 0 Å². The van der Waals surface area contributed by atoms with Crippen molar-refractivity contribution in [3.8, 4) is 0 Å². The van der Waals surface area contributed by atoms with Crippen LogP contribution < -0.4 is 0 Å². The molecule has 2 rings (SSSR count). The molecule has 0 aromatic heterocycles. The molecule has 1 N–H and O–H groups in total. The highest BCUT2D eigenvalue weighted by Gasteiger charge is 2.10. The van der Waals surface area contributed by atoms with E-state index in [1.54, 1.807) is 12.1 Å². The van der Waals surface area contributed by atoms with Gasteiger partial charge in [0.1, 0.15) is 6.10 Å². The molecule has 2 aromatic carbocycles. The molecule has 2 aromatic rings. The van der Waals surface area contributed by atoms with Gasteiger partial charge in [0.2, 0.25) is 0 Å². The first kappa shape index (κ1) is 13.1. The summed E-state index contributed by atoms with van der Waals surface area (Å²) in [6.07, 6.45) is -0.620. The van der Waals surface area contributed by atoms with Crippen molar-refractivity contribution >= 4 is 11.6 Å². The molecule has 0 bridgehead atoms. The number of aliphatic hydroxyl groups excluding tert-OH is 1. The van der Waals surface area contributed by atoms with Crippen LogP contribution in [-0.2, 0) is 0 Å². The molecule has 0 saturated heterocycles. The van der Waals surface area contributed by atoms with Gasteiger partial charge in [-0.05, 0) is 34.7 Å². The first-order valence-electron chi connectivity index (χ1n) is 6.11. The summed E-state index contributed by atoms with van der Waals surface area (Å²) < 4.78 is 0. The first-order chi connectivity index (χ1) is 8.58. The van der Waals surface area contributed by atoms with Crippen LogP contribution in [0, 0.1) is 0 Å². The molecule has 0 spiro atoms. The number of benzene rings is 2. The topological polar surface area (TPSA) is 20.2 Å². The van der Waals surface area contributed by atoms with E-state index in [2.05, 4.69) is 26.0 Å². The van der Waals surface area contributed by atoms with Gasteiger partial charge >= 0.3 is 0 Å². The van der Waals surface area contributed by atoms with Crippen molar-refractivity contribution in [3.05, 3.63) is 70.2 Å². The standard InChI is InChI=1S/C16H17ClO/c1-11(2)12-6-8-13(9-7-12)16(18)14-4-3-5-15(17)10-14/h3-11,16,18H,1-2H3/t16-/m0/s1. The number of rotatable bonds is 3. The Morgan fingerprint density at radius 3 is 2.06 bits per heavy atom. The number of aliphatic hydroxyl groups is 1. The molecule has 2 heteroatoms. The van der Waals surface area contributed by atoms with Gasteiger partial charge < -0.3 is 5.11 Å². The lowest BCUT2D eigenvalue weighted by Crippen LogP contribution is -2.00. The van der Waals surface area contributed by atoms with Gasteiger partial charge in [0.25, 0.3) is 0 Å². The molecule has 0 aliphatic heterocycles. The minimum atomic E-state index is -0.620. The average molecular weight is 261 g/mol. The molecule has 0 heterocycles. The van der Waals surface area contributed by atoms with E-state index in [-0.39, 0.29) is 0 Å². The predicted octanol–water partition coefficient (Wildman–Crippen LogP) is 4.55. The molecular weight excluding hydrogens is 244 g/mol. The molecule has 0 radical (unpaired) electrons. The Balaban J connectivity index is 2.26. The van der Waals surface area contributed by atoms with Crippen molar-refractivity contribution < 1.29 is 5.11 Å². The fourth-order valence-electron chi connectivity index (χ4n) is 1.93. The molecule has 1 nitrogen and oxygen atoms in total. The summed E-state index contributed by atoms with van der Waals surface area (Å²) >= 11 is 5.93. The maximum atomic E-state index is 10.3. The molecule has 0 fully saturated rings. The van der Waals surface area contributed by atoms with Crippen molar-refractivity contribution in [2.45, 2.75) is 25.9 Å². The molecule has 0 aliphatic carbocycles. The second kappa shape index (κ2) is 5.55.